The number of aryl methyl sites for hydroxylation is 1. The summed E-state index contributed by atoms with van der Waals surface area (Å²) in [5.41, 5.74) is 14.0. The highest BCUT2D eigenvalue weighted by molar-refractivity contribution is 5.78. The fourth-order valence-electron chi connectivity index (χ4n) is 5.00. The number of halogens is 1. The molecule has 0 radical (unpaired) electrons. The Morgan fingerprint density at radius 3 is 2.69 bits per heavy atom. The molecule has 7 heteroatoms. The fraction of sp³-hybridized carbons (Fsp3) is 0.345. The number of para-hydroxylation sites is 1. The number of ketones is 1. The van der Waals surface area contributed by atoms with Crippen LogP contribution in [0.1, 0.15) is 52.6 Å². The summed E-state index contributed by atoms with van der Waals surface area (Å²) < 4.78 is 19.9. The number of Topliss-reactive ketones (excluding diaryl/α,β-unsaturated/α-hetero) is 1. The van der Waals surface area contributed by atoms with Crippen LogP contribution in [0.2, 0.25) is 0 Å². The van der Waals surface area contributed by atoms with Gasteiger partial charge in [-0.1, -0.05) is 36.4 Å². The second kappa shape index (κ2) is 10.7. The third-order valence-electron chi connectivity index (χ3n) is 7.05. The summed E-state index contributed by atoms with van der Waals surface area (Å²) in [5, 5.41) is 1.50. The van der Waals surface area contributed by atoms with Gasteiger partial charge in [0.25, 0.3) is 0 Å². The van der Waals surface area contributed by atoms with Gasteiger partial charge in [0.05, 0.1) is 11.4 Å². The highest BCUT2D eigenvalue weighted by atomic mass is 19.1. The summed E-state index contributed by atoms with van der Waals surface area (Å²) in [6, 6.07) is 15.4. The van der Waals surface area contributed by atoms with Crippen molar-refractivity contribution in [2.24, 2.45) is 5.84 Å². The molecule has 3 aromatic rings. The van der Waals surface area contributed by atoms with E-state index in [1.165, 1.54) is 22.2 Å². The third-order valence-corrected chi connectivity index (χ3v) is 7.05. The molecule has 0 amide bonds. The lowest BCUT2D eigenvalue weighted by atomic mass is 9.83. The molecule has 1 aliphatic rings. The van der Waals surface area contributed by atoms with Gasteiger partial charge in [0.2, 0.25) is 0 Å². The van der Waals surface area contributed by atoms with Gasteiger partial charge in [-0.15, -0.1) is 0 Å². The fourth-order valence-corrected chi connectivity index (χ4v) is 5.00. The average Bonchev–Trinajstić information content (AvgIpc) is 3.03. The first-order chi connectivity index (χ1) is 17.2. The number of nitrogens with two attached hydrogens (primary N) is 2. The molecule has 0 aromatic heterocycles. The molecule has 6 nitrogen and oxygen atoms in total. The monoisotopic (exact) mass is 490 g/mol. The highest BCUT2D eigenvalue weighted by Gasteiger charge is 2.23. The van der Waals surface area contributed by atoms with E-state index in [4.69, 9.17) is 16.3 Å². The number of nitrogen functional groups attached to an aromatic ring is 1. The maximum atomic E-state index is 14.2. The van der Waals surface area contributed by atoms with E-state index in [9.17, 15) is 9.18 Å². The van der Waals surface area contributed by atoms with Gasteiger partial charge in [-0.2, -0.15) is 0 Å². The zero-order valence-electron chi connectivity index (χ0n) is 21.5. The molecule has 0 aliphatic carbocycles. The molecule has 0 saturated carbocycles. The Balaban J connectivity index is 1.67. The minimum Gasteiger partial charge on any atom is -0.489 e. The Hall–Kier alpha value is -3.42. The summed E-state index contributed by atoms with van der Waals surface area (Å²) in [6.45, 7) is 8.13. The predicted octanol–water partition coefficient (Wildman–Crippen LogP) is 4.84. The van der Waals surface area contributed by atoms with Crippen LogP contribution in [0.15, 0.2) is 48.5 Å². The van der Waals surface area contributed by atoms with E-state index in [1.807, 2.05) is 25.1 Å². The molecule has 0 fully saturated rings. The number of hydrogen-bond acceptors (Lipinski definition) is 6. The number of anilines is 2. The van der Waals surface area contributed by atoms with Crippen LogP contribution >= 0.6 is 0 Å². The van der Waals surface area contributed by atoms with Gasteiger partial charge < -0.3 is 15.5 Å². The quantitative estimate of drug-likeness (QED) is 0.280. The van der Waals surface area contributed by atoms with Crippen LogP contribution in [-0.2, 0) is 17.9 Å². The van der Waals surface area contributed by atoms with Gasteiger partial charge in [0.1, 0.15) is 12.4 Å². The SMILES string of the molecule is CC(=O)C[C@H](c1ccc(C)c(CN2CCOc3c(F)cccc3C2)c1)c1ccc(N(C)N)c(N)c1C. The van der Waals surface area contributed by atoms with Crippen LogP contribution in [0.3, 0.4) is 0 Å². The lowest BCUT2D eigenvalue weighted by molar-refractivity contribution is -0.117. The number of rotatable bonds is 7. The number of hydrogen-bond donors (Lipinski definition) is 2. The molecule has 0 spiro atoms. The first-order valence-corrected chi connectivity index (χ1v) is 12.2. The Kier molecular flexibility index (Phi) is 7.62. The molecule has 1 aliphatic heterocycles. The maximum absolute atomic E-state index is 14.2. The standard InChI is InChI=1S/C29H35FN4O2/c1-18-8-9-21(25(14-19(2)35)24-10-11-27(33(4)32)28(31)20(24)3)15-23(18)17-34-12-13-36-29-22(16-34)6-5-7-26(29)30/h5-11,15,25H,12-14,16-17,31-32H2,1-4H3/t25-/m1/s1. The normalized spacial score (nSPS) is 14.5. The van der Waals surface area contributed by atoms with E-state index in [0.29, 0.717) is 44.1 Å². The van der Waals surface area contributed by atoms with Crippen molar-refractivity contribution in [2.75, 3.05) is 30.9 Å². The van der Waals surface area contributed by atoms with Crippen molar-refractivity contribution >= 4 is 17.2 Å². The first-order valence-electron chi connectivity index (χ1n) is 12.2. The van der Waals surface area contributed by atoms with Crippen molar-refractivity contribution in [3.8, 4) is 5.75 Å². The number of nitrogens with zero attached hydrogens (tertiary/aromatic N) is 2. The molecule has 4 N–H and O–H groups in total. The lowest BCUT2D eigenvalue weighted by Crippen LogP contribution is -2.26. The van der Waals surface area contributed by atoms with Crippen LogP contribution in [0.4, 0.5) is 15.8 Å². The summed E-state index contributed by atoms with van der Waals surface area (Å²) in [4.78, 5) is 14.6. The minimum absolute atomic E-state index is 0.114. The van der Waals surface area contributed by atoms with Crippen molar-refractivity contribution in [1.29, 1.82) is 0 Å². The van der Waals surface area contributed by atoms with Gasteiger partial charge in [-0.3, -0.25) is 9.69 Å². The van der Waals surface area contributed by atoms with Crippen molar-refractivity contribution in [1.82, 2.24) is 4.90 Å². The van der Waals surface area contributed by atoms with Crippen molar-refractivity contribution in [3.63, 3.8) is 0 Å². The van der Waals surface area contributed by atoms with Crippen LogP contribution in [0.5, 0.6) is 5.75 Å². The van der Waals surface area contributed by atoms with E-state index < -0.39 is 0 Å². The van der Waals surface area contributed by atoms with Crippen LogP contribution in [0.25, 0.3) is 0 Å². The van der Waals surface area contributed by atoms with Crippen molar-refractivity contribution < 1.29 is 13.9 Å². The number of carbonyl (C=O) groups excluding carboxylic acids is 1. The van der Waals surface area contributed by atoms with Crippen LogP contribution in [-0.4, -0.2) is 30.9 Å². The number of carbonyl (C=O) groups is 1. The smallest absolute Gasteiger partial charge is 0.165 e. The minimum atomic E-state index is -0.318. The third kappa shape index (κ3) is 5.37. The molecule has 190 valence electrons. The Morgan fingerprint density at radius 2 is 1.97 bits per heavy atom. The van der Waals surface area contributed by atoms with Crippen LogP contribution in [0, 0.1) is 19.7 Å². The van der Waals surface area contributed by atoms with Gasteiger partial charge >= 0.3 is 0 Å². The maximum Gasteiger partial charge on any atom is 0.165 e. The van der Waals surface area contributed by atoms with E-state index >= 15 is 0 Å². The molecule has 0 saturated heterocycles. The first kappa shape index (κ1) is 25.7. The largest absolute Gasteiger partial charge is 0.489 e. The molecule has 3 aromatic carbocycles. The Bertz CT molecular complexity index is 1270. The Labute approximate surface area is 212 Å². The molecule has 0 unspecified atom stereocenters. The van der Waals surface area contributed by atoms with E-state index in [-0.39, 0.29) is 17.5 Å². The van der Waals surface area contributed by atoms with Gasteiger partial charge in [-0.25, -0.2) is 10.2 Å². The number of ether oxygens (including phenoxy) is 1. The van der Waals surface area contributed by atoms with Crippen molar-refractivity contribution in [2.45, 2.75) is 46.2 Å². The average molecular weight is 491 g/mol. The van der Waals surface area contributed by atoms with E-state index in [2.05, 4.69) is 30.0 Å². The second-order valence-electron chi connectivity index (χ2n) is 9.76. The zero-order chi connectivity index (χ0) is 26.0. The molecule has 1 heterocycles. The summed E-state index contributed by atoms with van der Waals surface area (Å²) >= 11 is 0. The van der Waals surface area contributed by atoms with E-state index in [1.54, 1.807) is 20.0 Å². The van der Waals surface area contributed by atoms with Gasteiger partial charge in [0.15, 0.2) is 11.6 Å². The summed E-state index contributed by atoms with van der Waals surface area (Å²) in [6.07, 6.45) is 0.380. The highest BCUT2D eigenvalue weighted by Crippen LogP contribution is 2.37. The number of hydrazine groups is 1. The molecular weight excluding hydrogens is 455 g/mol. The Morgan fingerprint density at radius 1 is 1.19 bits per heavy atom. The molecule has 1 atom stereocenters. The molecule has 0 bridgehead atoms. The zero-order valence-corrected chi connectivity index (χ0v) is 21.5. The number of fused-ring (bicyclic) bond motifs is 1. The molecule has 36 heavy (non-hydrogen) atoms. The number of benzene rings is 3. The molecular formula is C29H35FN4O2. The van der Waals surface area contributed by atoms with Crippen LogP contribution < -0.4 is 21.3 Å². The second-order valence-corrected chi connectivity index (χ2v) is 9.76. The predicted molar refractivity (Wildman–Crippen MR) is 143 cm³/mol. The van der Waals surface area contributed by atoms with Crippen molar-refractivity contribution in [3.05, 3.63) is 87.7 Å². The summed E-state index contributed by atoms with van der Waals surface area (Å²) in [5.74, 6) is 5.97. The van der Waals surface area contributed by atoms with Gasteiger partial charge in [0, 0.05) is 44.6 Å². The summed E-state index contributed by atoms with van der Waals surface area (Å²) in [7, 11) is 1.75. The van der Waals surface area contributed by atoms with E-state index in [0.717, 1.165) is 27.9 Å². The van der Waals surface area contributed by atoms with Gasteiger partial charge in [-0.05, 0) is 60.7 Å². The molecule has 4 rings (SSSR count). The lowest BCUT2D eigenvalue weighted by Gasteiger charge is -2.25. The topological polar surface area (TPSA) is 84.8 Å².